The fourth-order valence-corrected chi connectivity index (χ4v) is 4.88. The highest BCUT2D eigenvalue weighted by molar-refractivity contribution is 9.10. The van der Waals surface area contributed by atoms with Crippen LogP contribution in [0.15, 0.2) is 150 Å². The van der Waals surface area contributed by atoms with Gasteiger partial charge in [-0.3, -0.25) is 0 Å². The van der Waals surface area contributed by atoms with Crippen molar-refractivity contribution < 1.29 is 19.8 Å². The third kappa shape index (κ3) is 4.41. The van der Waals surface area contributed by atoms with Crippen LogP contribution in [0.5, 0.6) is 11.5 Å². The fraction of sp³-hybridized carbons (Fsp3) is 0. The normalized spacial score (nSPS) is 15.2. The van der Waals surface area contributed by atoms with Crippen LogP contribution in [0.1, 0.15) is 15.1 Å². The van der Waals surface area contributed by atoms with Crippen LogP contribution in [-0.2, 0) is 0 Å². The molecule has 0 aliphatic rings. The van der Waals surface area contributed by atoms with Crippen molar-refractivity contribution >= 4 is 37.7 Å². The molecular weight excluding hydrogens is 542 g/mol. The van der Waals surface area contributed by atoms with E-state index in [4.69, 9.17) is 17.1 Å². The average molecular weight is 578 g/mol. The average Bonchev–Trinajstić information content (AvgIpc) is 3.46. The lowest BCUT2D eigenvalue weighted by Crippen LogP contribution is -1.95. The summed E-state index contributed by atoms with van der Waals surface area (Å²) in [6, 6.07) is 18.1. The summed E-state index contributed by atoms with van der Waals surface area (Å²) in [5.74, 6) is 0.926. The predicted molar refractivity (Wildman–Crippen MR) is 166 cm³/mol. The molecule has 0 aliphatic carbocycles. The maximum atomic E-state index is 9.32. The molecule has 0 unspecified atom stereocenters. The molecule has 0 atom stereocenters. The van der Waals surface area contributed by atoms with E-state index in [1.165, 1.54) is 10.6 Å². The molecule has 39 heavy (non-hydrogen) atoms. The van der Waals surface area contributed by atoms with Gasteiger partial charge >= 0.3 is 0 Å². The number of nitrogens with zero attached hydrogens (tertiary/aromatic N) is 1. The molecule has 7 rings (SSSR count). The van der Waals surface area contributed by atoms with E-state index in [1.54, 1.807) is 18.2 Å². The Hall–Kier alpha value is -4.60. The predicted octanol–water partition coefficient (Wildman–Crippen LogP) is 10.7. The van der Waals surface area contributed by atoms with E-state index in [-0.39, 0.29) is 39.5 Å². The van der Waals surface area contributed by atoms with Gasteiger partial charge in [-0.15, -0.1) is 0 Å². The van der Waals surface area contributed by atoms with E-state index in [9.17, 15) is 2.74 Å². The van der Waals surface area contributed by atoms with Crippen LogP contribution in [0.4, 0.5) is 0 Å². The van der Waals surface area contributed by atoms with Gasteiger partial charge in [0, 0.05) is 22.5 Å². The van der Waals surface area contributed by atoms with Crippen molar-refractivity contribution in [1.29, 1.82) is 0 Å². The SMILES string of the molecule is [2H]c1cc2c(c([2H])c1[2H])c1c([2H])c(-c3c([2H])c([2H])c([2H])c([2H])c3[2H])c([2H])c([2H])c1n2-c1ccc(Br)c(Oc2cccc(-c3ccccc3)c2)c1. The number of fused-ring (bicyclic) bond motifs is 3. The number of hydrogen-bond acceptors (Lipinski definition) is 1. The standard InChI is InChI=1S/C36H24BrNO/c37-33-20-19-29(24-36(33)39-30-15-9-14-27(22-30)25-10-3-1-4-11-25)38-34-17-8-7-16-31(34)32-23-28(18-21-35(32)38)26-12-5-2-6-13-26/h1-24H/i2D,5D,6D,7D,8D,12D,13D,16D,18D,21D,23D. The van der Waals surface area contributed by atoms with E-state index in [0.29, 0.717) is 21.7 Å². The Morgan fingerprint density at radius 2 is 1.41 bits per heavy atom. The number of hydrogen-bond donors (Lipinski definition) is 0. The van der Waals surface area contributed by atoms with Crippen molar-refractivity contribution in [2.75, 3.05) is 0 Å². The molecule has 1 aromatic heterocycles. The zero-order valence-corrected chi connectivity index (χ0v) is 21.8. The molecule has 0 N–H and O–H groups in total. The van der Waals surface area contributed by atoms with Crippen molar-refractivity contribution in [3.63, 3.8) is 0 Å². The minimum atomic E-state index is -0.654. The van der Waals surface area contributed by atoms with Gasteiger partial charge in [-0.2, -0.15) is 0 Å². The zero-order chi connectivity index (χ0) is 35.8. The molecular formula is C36H24BrNO. The minimum Gasteiger partial charge on any atom is -0.456 e. The summed E-state index contributed by atoms with van der Waals surface area (Å²) in [6.07, 6.45) is 0. The summed E-state index contributed by atoms with van der Waals surface area (Å²) in [4.78, 5) is 0. The summed E-state index contributed by atoms with van der Waals surface area (Å²) in [7, 11) is 0. The number of halogens is 1. The molecule has 1 heterocycles. The largest absolute Gasteiger partial charge is 0.456 e. The second-order valence-electron chi connectivity index (χ2n) is 8.72. The maximum absolute atomic E-state index is 9.32. The number of benzene rings is 6. The van der Waals surface area contributed by atoms with E-state index in [1.807, 2.05) is 54.6 Å². The summed E-state index contributed by atoms with van der Waals surface area (Å²) < 4.78 is 103. The Balaban J connectivity index is 1.51. The Bertz CT molecular complexity index is 2520. The molecule has 186 valence electrons. The zero-order valence-electron chi connectivity index (χ0n) is 31.2. The van der Waals surface area contributed by atoms with Crippen LogP contribution >= 0.6 is 15.9 Å². The number of para-hydroxylation sites is 1. The molecule has 2 nitrogen and oxygen atoms in total. The first-order valence-corrected chi connectivity index (χ1v) is 12.9. The summed E-state index contributed by atoms with van der Waals surface area (Å²) in [5, 5.41) is 0.0244. The molecule has 0 spiro atoms. The molecule has 0 radical (unpaired) electrons. The van der Waals surface area contributed by atoms with Gasteiger partial charge in [-0.1, -0.05) is 96.8 Å². The molecule has 0 aliphatic heterocycles. The van der Waals surface area contributed by atoms with Gasteiger partial charge in [0.15, 0.2) is 0 Å². The highest BCUT2D eigenvalue weighted by atomic mass is 79.9. The molecule has 0 saturated carbocycles. The lowest BCUT2D eigenvalue weighted by atomic mass is 10.0. The van der Waals surface area contributed by atoms with Gasteiger partial charge < -0.3 is 9.30 Å². The van der Waals surface area contributed by atoms with Crippen LogP contribution in [0, 0.1) is 0 Å². The van der Waals surface area contributed by atoms with E-state index in [0.717, 1.165) is 11.1 Å². The Morgan fingerprint density at radius 1 is 0.590 bits per heavy atom. The third-order valence-corrected chi connectivity index (χ3v) is 6.98. The Kier molecular flexibility index (Phi) is 3.70. The van der Waals surface area contributed by atoms with Crippen molar-refractivity contribution in [3.8, 4) is 39.4 Å². The molecule has 7 aromatic rings. The third-order valence-electron chi connectivity index (χ3n) is 6.32. The van der Waals surface area contributed by atoms with Crippen LogP contribution in [0.2, 0.25) is 0 Å². The van der Waals surface area contributed by atoms with Crippen molar-refractivity contribution in [3.05, 3.63) is 150 Å². The van der Waals surface area contributed by atoms with Crippen LogP contribution < -0.4 is 4.74 Å². The van der Waals surface area contributed by atoms with Gasteiger partial charge in [-0.25, -0.2) is 0 Å². The summed E-state index contributed by atoms with van der Waals surface area (Å²) >= 11 is 3.55. The topological polar surface area (TPSA) is 14.2 Å². The monoisotopic (exact) mass is 576 g/mol. The first-order chi connectivity index (χ1) is 23.8. The van der Waals surface area contributed by atoms with Gasteiger partial charge in [0.25, 0.3) is 0 Å². The van der Waals surface area contributed by atoms with Crippen molar-refractivity contribution in [2.45, 2.75) is 0 Å². The van der Waals surface area contributed by atoms with Gasteiger partial charge in [0.2, 0.25) is 0 Å². The van der Waals surface area contributed by atoms with Crippen LogP contribution in [-0.4, -0.2) is 4.57 Å². The van der Waals surface area contributed by atoms with Crippen LogP contribution in [0.3, 0.4) is 0 Å². The molecule has 0 amide bonds. The minimum absolute atomic E-state index is 0.0176. The number of rotatable bonds is 5. The fourth-order valence-electron chi connectivity index (χ4n) is 4.55. The first kappa shape index (κ1) is 14.5. The van der Waals surface area contributed by atoms with Crippen LogP contribution in [0.25, 0.3) is 49.7 Å². The number of aromatic nitrogens is 1. The second-order valence-corrected chi connectivity index (χ2v) is 9.57. The molecule has 0 saturated heterocycles. The Labute approximate surface area is 251 Å². The number of ether oxygens (including phenoxy) is 1. The smallest absolute Gasteiger partial charge is 0.143 e. The molecule has 6 aromatic carbocycles. The molecule has 0 bridgehead atoms. The lowest BCUT2D eigenvalue weighted by molar-refractivity contribution is 0.479. The molecule has 0 fully saturated rings. The van der Waals surface area contributed by atoms with Gasteiger partial charge in [-0.05, 0) is 80.6 Å². The molecule has 3 heteroatoms. The van der Waals surface area contributed by atoms with Gasteiger partial charge in [0.1, 0.15) is 11.5 Å². The van der Waals surface area contributed by atoms with Crippen molar-refractivity contribution in [1.82, 2.24) is 4.57 Å². The van der Waals surface area contributed by atoms with E-state index < -0.39 is 59.9 Å². The first-order valence-electron chi connectivity index (χ1n) is 17.6. The highest BCUT2D eigenvalue weighted by Gasteiger charge is 2.15. The quantitative estimate of drug-likeness (QED) is 0.199. The Morgan fingerprint density at radius 3 is 2.28 bits per heavy atom. The van der Waals surface area contributed by atoms with E-state index >= 15 is 0 Å². The maximum Gasteiger partial charge on any atom is 0.143 e. The summed E-state index contributed by atoms with van der Waals surface area (Å²) in [5.41, 5.74) is 1.81. The lowest BCUT2D eigenvalue weighted by Gasteiger charge is -2.13. The van der Waals surface area contributed by atoms with Crippen molar-refractivity contribution in [2.24, 2.45) is 0 Å². The highest BCUT2D eigenvalue weighted by Crippen LogP contribution is 2.38. The summed E-state index contributed by atoms with van der Waals surface area (Å²) in [6.45, 7) is 0. The van der Waals surface area contributed by atoms with Gasteiger partial charge in [0.05, 0.1) is 30.6 Å². The second kappa shape index (κ2) is 9.94. The van der Waals surface area contributed by atoms with E-state index in [2.05, 4.69) is 15.9 Å².